The van der Waals surface area contributed by atoms with Gasteiger partial charge in [0.2, 0.25) is 11.8 Å². The zero-order valence-electron chi connectivity index (χ0n) is 18.1. The number of amides is 4. The van der Waals surface area contributed by atoms with Gasteiger partial charge in [0, 0.05) is 35.1 Å². The first-order valence-corrected chi connectivity index (χ1v) is 10.8. The van der Waals surface area contributed by atoms with E-state index >= 15 is 0 Å². The van der Waals surface area contributed by atoms with E-state index in [4.69, 9.17) is 35.1 Å². The summed E-state index contributed by atoms with van der Waals surface area (Å²) in [5, 5.41) is 4.38. The van der Waals surface area contributed by atoms with Gasteiger partial charge in [-0.2, -0.15) is 8.78 Å². The standard InChI is InChI=1S/C22H15B3ClF2N3O4/c23-15-8-16(32)29-19(34)21(15,25)31-9-11-7-10(1-6-14(11)18(31)33)17(24)30-20(35)22(27,28)12-2-4-13(26)5-3-12/h1-7,15,17H,8-9H2,(H,30,35)(H,29,32,34). The molecular formula is C22H15B3ClF2N3O4. The number of hydrogen-bond donors (Lipinski definition) is 2. The van der Waals surface area contributed by atoms with Crippen LogP contribution in [0.25, 0.3) is 0 Å². The largest absolute Gasteiger partial charge is 0.352 e. The number of hydrogen-bond acceptors (Lipinski definition) is 4. The number of rotatable bonds is 5. The molecule has 2 aromatic rings. The van der Waals surface area contributed by atoms with Crippen LogP contribution in [0.4, 0.5) is 8.78 Å². The number of imide groups is 1. The van der Waals surface area contributed by atoms with Gasteiger partial charge in [0.25, 0.3) is 11.8 Å². The van der Waals surface area contributed by atoms with E-state index in [2.05, 4.69) is 10.6 Å². The van der Waals surface area contributed by atoms with Gasteiger partial charge < -0.3 is 10.2 Å². The van der Waals surface area contributed by atoms with Crippen molar-refractivity contribution in [3.63, 3.8) is 0 Å². The van der Waals surface area contributed by atoms with E-state index in [0.717, 1.165) is 17.0 Å². The number of piperidine rings is 1. The van der Waals surface area contributed by atoms with Gasteiger partial charge in [-0.05, 0) is 35.1 Å². The van der Waals surface area contributed by atoms with Gasteiger partial charge >= 0.3 is 5.92 Å². The summed E-state index contributed by atoms with van der Waals surface area (Å²) in [5.74, 6) is -10.1. The third-order valence-corrected chi connectivity index (χ3v) is 6.36. The fourth-order valence-electron chi connectivity index (χ4n) is 4.06. The van der Waals surface area contributed by atoms with Gasteiger partial charge in [-0.25, -0.2) is 0 Å². The predicted molar refractivity (Wildman–Crippen MR) is 124 cm³/mol. The fraction of sp³-hybridized carbons (Fsp3) is 0.273. The van der Waals surface area contributed by atoms with E-state index in [-0.39, 0.29) is 29.1 Å². The Hall–Kier alpha value is -3.14. The molecule has 2 aliphatic rings. The van der Waals surface area contributed by atoms with Crippen LogP contribution in [0.5, 0.6) is 0 Å². The predicted octanol–water partition coefficient (Wildman–Crippen LogP) is 1.24. The van der Waals surface area contributed by atoms with Gasteiger partial charge in [0.1, 0.15) is 15.7 Å². The Bertz CT molecular complexity index is 1250. The quantitative estimate of drug-likeness (QED) is 0.486. The second-order valence-corrected chi connectivity index (χ2v) is 8.79. The third-order valence-electron chi connectivity index (χ3n) is 6.10. The average molecular weight is 491 g/mol. The molecule has 6 radical (unpaired) electrons. The van der Waals surface area contributed by atoms with Crippen molar-refractivity contribution in [2.24, 2.45) is 0 Å². The van der Waals surface area contributed by atoms with Crippen LogP contribution in [0, 0.1) is 0 Å². The number of nitrogens with zero attached hydrogens (tertiary/aromatic N) is 1. The summed E-state index contributed by atoms with van der Waals surface area (Å²) in [6.07, 6.45) is -0.258. The van der Waals surface area contributed by atoms with Crippen molar-refractivity contribution in [2.75, 3.05) is 0 Å². The molecule has 2 aliphatic heterocycles. The number of benzene rings is 2. The first kappa shape index (κ1) is 25.0. The molecule has 0 aromatic heterocycles. The minimum atomic E-state index is -3.88. The minimum Gasteiger partial charge on any atom is -0.352 e. The number of alkyl halides is 2. The van der Waals surface area contributed by atoms with Gasteiger partial charge in [-0.3, -0.25) is 24.5 Å². The van der Waals surface area contributed by atoms with Crippen LogP contribution < -0.4 is 10.6 Å². The molecule has 1 fully saturated rings. The first-order valence-electron chi connectivity index (χ1n) is 10.4. The number of carbonyl (C=O) groups is 4. The Balaban J connectivity index is 1.53. The van der Waals surface area contributed by atoms with Crippen LogP contribution in [0.3, 0.4) is 0 Å². The van der Waals surface area contributed by atoms with Crippen LogP contribution in [-0.4, -0.2) is 57.5 Å². The Labute approximate surface area is 208 Å². The third kappa shape index (κ3) is 4.24. The van der Waals surface area contributed by atoms with Crippen molar-refractivity contribution in [1.29, 1.82) is 0 Å². The van der Waals surface area contributed by atoms with Crippen molar-refractivity contribution < 1.29 is 28.0 Å². The van der Waals surface area contributed by atoms with Crippen LogP contribution in [0.1, 0.15) is 39.4 Å². The molecule has 1 saturated heterocycles. The molecule has 2 N–H and O–H groups in total. The number of halogens is 3. The van der Waals surface area contributed by atoms with Crippen molar-refractivity contribution in [3.8, 4) is 0 Å². The lowest BCUT2D eigenvalue weighted by atomic mass is 9.56. The Morgan fingerprint density at radius 2 is 1.86 bits per heavy atom. The summed E-state index contributed by atoms with van der Waals surface area (Å²) in [6, 6.07) is 8.76. The molecule has 13 heteroatoms. The summed E-state index contributed by atoms with van der Waals surface area (Å²) >= 11 is 5.71. The topological polar surface area (TPSA) is 95.6 Å². The maximum Gasteiger partial charge on any atom is 0.349 e. The Kier molecular flexibility index (Phi) is 6.29. The van der Waals surface area contributed by atoms with Gasteiger partial charge in [-0.15, -0.1) is 0 Å². The maximum absolute atomic E-state index is 14.6. The molecule has 3 atom stereocenters. The van der Waals surface area contributed by atoms with E-state index in [1.165, 1.54) is 30.3 Å². The highest BCUT2D eigenvalue weighted by molar-refractivity contribution is 6.38. The lowest BCUT2D eigenvalue weighted by Gasteiger charge is -2.45. The SMILES string of the molecule is [B]C(NC(=O)C(F)(F)c1ccc(Cl)cc1)c1ccc2c(c1)CN(C1([B])C(=O)NC(=O)CC1[B])C2=O. The molecule has 0 saturated carbocycles. The molecule has 35 heavy (non-hydrogen) atoms. The Morgan fingerprint density at radius 3 is 2.49 bits per heavy atom. The van der Waals surface area contributed by atoms with Crippen LogP contribution in [0.15, 0.2) is 42.5 Å². The summed E-state index contributed by atoms with van der Waals surface area (Å²) in [5.41, 5.74) is -1.71. The zero-order chi connectivity index (χ0) is 25.7. The van der Waals surface area contributed by atoms with E-state index in [1.807, 2.05) is 0 Å². The fourth-order valence-corrected chi connectivity index (χ4v) is 4.19. The molecule has 4 amide bonds. The highest BCUT2D eigenvalue weighted by Crippen LogP contribution is 2.38. The normalized spacial score (nSPS) is 23.0. The summed E-state index contributed by atoms with van der Waals surface area (Å²) in [4.78, 5) is 50.4. The highest BCUT2D eigenvalue weighted by atomic mass is 35.5. The van der Waals surface area contributed by atoms with Gasteiger partial charge in [0.05, 0.1) is 13.3 Å². The smallest absolute Gasteiger partial charge is 0.349 e. The maximum atomic E-state index is 14.6. The van der Waals surface area contributed by atoms with E-state index in [9.17, 15) is 28.0 Å². The molecule has 0 aliphatic carbocycles. The van der Waals surface area contributed by atoms with Crippen LogP contribution >= 0.6 is 11.6 Å². The van der Waals surface area contributed by atoms with E-state index in [0.29, 0.717) is 5.56 Å². The zero-order valence-corrected chi connectivity index (χ0v) is 18.8. The van der Waals surface area contributed by atoms with Crippen molar-refractivity contribution >= 4 is 58.8 Å². The van der Waals surface area contributed by atoms with Gasteiger partial charge in [-0.1, -0.05) is 35.9 Å². The molecule has 172 valence electrons. The van der Waals surface area contributed by atoms with Crippen LogP contribution in [-0.2, 0) is 26.9 Å². The first-order chi connectivity index (χ1) is 16.4. The molecule has 0 bridgehead atoms. The molecular weight excluding hydrogens is 476 g/mol. The van der Waals surface area contributed by atoms with Crippen molar-refractivity contribution in [1.82, 2.24) is 15.5 Å². The Morgan fingerprint density at radius 1 is 1.20 bits per heavy atom. The average Bonchev–Trinajstić information content (AvgIpc) is 3.13. The number of carbonyl (C=O) groups excluding carboxylic acids is 4. The molecule has 4 rings (SSSR count). The summed E-state index contributed by atoms with van der Waals surface area (Å²) in [6.45, 7) is -0.143. The molecule has 7 nitrogen and oxygen atoms in total. The van der Waals surface area contributed by atoms with Gasteiger partial charge in [0.15, 0.2) is 0 Å². The summed E-state index contributed by atoms with van der Waals surface area (Å²) in [7, 11) is 18.1. The molecule has 2 aromatic carbocycles. The molecule has 3 unspecified atom stereocenters. The second-order valence-electron chi connectivity index (χ2n) is 8.35. The van der Waals surface area contributed by atoms with E-state index in [1.54, 1.807) is 0 Å². The molecule has 0 spiro atoms. The highest BCUT2D eigenvalue weighted by Gasteiger charge is 2.51. The lowest BCUT2D eigenvalue weighted by Crippen LogP contribution is -2.66. The minimum absolute atomic E-state index is 0.143. The lowest BCUT2D eigenvalue weighted by molar-refractivity contribution is -0.147. The number of nitrogens with one attached hydrogen (secondary N) is 2. The van der Waals surface area contributed by atoms with Crippen molar-refractivity contribution in [3.05, 3.63) is 69.7 Å². The molecule has 2 heterocycles. The monoisotopic (exact) mass is 491 g/mol. The van der Waals surface area contributed by atoms with Crippen LogP contribution in [0.2, 0.25) is 10.8 Å². The summed E-state index contributed by atoms with van der Waals surface area (Å²) < 4.78 is 29.2. The van der Waals surface area contributed by atoms with Crippen molar-refractivity contribution in [2.45, 2.75) is 36.1 Å². The second kappa shape index (κ2) is 8.82. The number of fused-ring (bicyclic) bond motifs is 1. The van der Waals surface area contributed by atoms with E-state index < -0.39 is 52.3 Å².